The molecule has 0 aliphatic rings. The van der Waals surface area contributed by atoms with Crippen molar-refractivity contribution in [2.75, 3.05) is 5.88 Å². The largest absolute Gasteiger partial charge is 0.289 e. The lowest BCUT2D eigenvalue weighted by Gasteiger charge is -1.95. The number of carbonyl (C=O) groups is 1. The highest BCUT2D eigenvalue weighted by atomic mass is 35.5. The lowest BCUT2D eigenvalue weighted by Crippen LogP contribution is -1.92. The van der Waals surface area contributed by atoms with E-state index in [-0.39, 0.29) is 5.78 Å². The standard InChI is InChI=1S/C15H11ClO.C5H11Cl/c16-14-9-6-12(7-10-14)8-11-15(17)13-4-2-1-3-5-13;1-2-3-4-5-6/h1-11H;2-5H2,1H3. The summed E-state index contributed by atoms with van der Waals surface area (Å²) in [7, 11) is 0. The first kappa shape index (κ1) is 19.5. The summed E-state index contributed by atoms with van der Waals surface area (Å²) in [4.78, 5) is 11.8. The second-order valence-electron chi connectivity index (χ2n) is 5.01. The van der Waals surface area contributed by atoms with Crippen molar-refractivity contribution in [1.82, 2.24) is 0 Å². The third kappa shape index (κ3) is 8.59. The van der Waals surface area contributed by atoms with E-state index in [0.29, 0.717) is 10.6 Å². The molecule has 0 radical (unpaired) electrons. The highest BCUT2D eigenvalue weighted by Gasteiger charge is 1.99. The van der Waals surface area contributed by atoms with E-state index in [1.54, 1.807) is 36.4 Å². The Hall–Kier alpha value is -1.57. The van der Waals surface area contributed by atoms with Crippen LogP contribution in [0.1, 0.15) is 42.1 Å². The normalized spacial score (nSPS) is 10.2. The predicted molar refractivity (Wildman–Crippen MR) is 102 cm³/mol. The Morgan fingerprint density at radius 1 is 1.00 bits per heavy atom. The molecule has 0 heterocycles. The Kier molecular flexibility index (Phi) is 10.1. The lowest BCUT2D eigenvalue weighted by atomic mass is 10.1. The van der Waals surface area contributed by atoms with E-state index in [2.05, 4.69) is 6.92 Å². The third-order valence-electron chi connectivity index (χ3n) is 3.09. The zero-order chi connectivity index (χ0) is 16.9. The molecule has 0 atom stereocenters. The van der Waals surface area contributed by atoms with Crippen LogP contribution < -0.4 is 0 Å². The number of rotatable bonds is 6. The van der Waals surface area contributed by atoms with Crippen molar-refractivity contribution in [2.24, 2.45) is 0 Å². The van der Waals surface area contributed by atoms with Crippen LogP contribution in [0.15, 0.2) is 60.7 Å². The van der Waals surface area contributed by atoms with Crippen LogP contribution in [0.3, 0.4) is 0 Å². The van der Waals surface area contributed by atoms with E-state index >= 15 is 0 Å². The van der Waals surface area contributed by atoms with Crippen molar-refractivity contribution in [3.05, 3.63) is 76.8 Å². The number of halogens is 2. The number of carbonyl (C=O) groups excluding carboxylic acids is 1. The average Bonchev–Trinajstić information content (AvgIpc) is 2.60. The first-order valence-electron chi connectivity index (χ1n) is 7.76. The van der Waals surface area contributed by atoms with Gasteiger partial charge in [-0.15, -0.1) is 11.6 Å². The van der Waals surface area contributed by atoms with Gasteiger partial charge in [0.2, 0.25) is 0 Å². The molecule has 0 amide bonds. The van der Waals surface area contributed by atoms with E-state index in [9.17, 15) is 4.79 Å². The van der Waals surface area contributed by atoms with Crippen molar-refractivity contribution < 1.29 is 4.79 Å². The van der Waals surface area contributed by atoms with E-state index in [0.717, 1.165) is 11.4 Å². The van der Waals surface area contributed by atoms with Gasteiger partial charge in [0.05, 0.1) is 0 Å². The number of unbranched alkanes of at least 4 members (excludes halogenated alkanes) is 2. The molecule has 0 spiro atoms. The summed E-state index contributed by atoms with van der Waals surface area (Å²) in [5.74, 6) is 0.828. The molecule has 2 rings (SSSR count). The molecule has 2 aromatic rings. The van der Waals surface area contributed by atoms with Gasteiger partial charge in [0, 0.05) is 16.5 Å². The Bertz CT molecular complexity index is 585. The molecule has 0 saturated heterocycles. The van der Waals surface area contributed by atoms with E-state index < -0.39 is 0 Å². The van der Waals surface area contributed by atoms with Crippen LogP contribution in [-0.2, 0) is 0 Å². The Morgan fingerprint density at radius 3 is 2.17 bits per heavy atom. The molecule has 0 saturated carbocycles. The fraction of sp³-hybridized carbons (Fsp3) is 0.250. The fourth-order valence-corrected chi connectivity index (χ4v) is 2.10. The molecule has 0 aliphatic heterocycles. The van der Waals surface area contributed by atoms with Gasteiger partial charge < -0.3 is 0 Å². The van der Waals surface area contributed by atoms with Crippen molar-refractivity contribution in [3.8, 4) is 0 Å². The molecule has 0 unspecified atom stereocenters. The summed E-state index contributed by atoms with van der Waals surface area (Å²) in [6.45, 7) is 2.17. The number of hydrogen-bond donors (Lipinski definition) is 0. The molecular weight excluding hydrogens is 327 g/mol. The average molecular weight is 349 g/mol. The van der Waals surface area contributed by atoms with E-state index in [4.69, 9.17) is 23.2 Å². The van der Waals surface area contributed by atoms with Crippen LogP contribution in [0, 0.1) is 0 Å². The number of alkyl halides is 1. The minimum Gasteiger partial charge on any atom is -0.289 e. The van der Waals surface area contributed by atoms with Gasteiger partial charge in [0.15, 0.2) is 5.78 Å². The van der Waals surface area contributed by atoms with Gasteiger partial charge in [-0.3, -0.25) is 4.79 Å². The quantitative estimate of drug-likeness (QED) is 0.247. The maximum Gasteiger partial charge on any atom is 0.185 e. The molecule has 0 aliphatic carbocycles. The van der Waals surface area contributed by atoms with Crippen LogP contribution in [-0.4, -0.2) is 11.7 Å². The van der Waals surface area contributed by atoms with Crippen molar-refractivity contribution in [3.63, 3.8) is 0 Å². The van der Waals surface area contributed by atoms with Gasteiger partial charge in [-0.2, -0.15) is 0 Å². The SMILES string of the molecule is CCCCCCl.O=C(C=Cc1ccc(Cl)cc1)c1ccccc1. The van der Waals surface area contributed by atoms with Crippen molar-refractivity contribution in [1.29, 1.82) is 0 Å². The van der Waals surface area contributed by atoms with E-state index in [1.165, 1.54) is 19.3 Å². The summed E-state index contributed by atoms with van der Waals surface area (Å²) < 4.78 is 0. The Labute approximate surface area is 148 Å². The maximum absolute atomic E-state index is 11.8. The smallest absolute Gasteiger partial charge is 0.185 e. The number of allylic oxidation sites excluding steroid dienone is 1. The molecule has 3 heteroatoms. The predicted octanol–water partition coefficient (Wildman–Crippen LogP) is 6.65. The van der Waals surface area contributed by atoms with Crippen molar-refractivity contribution in [2.45, 2.75) is 26.2 Å². The van der Waals surface area contributed by atoms with Crippen LogP contribution in [0.5, 0.6) is 0 Å². The number of hydrogen-bond acceptors (Lipinski definition) is 1. The minimum atomic E-state index is 0.000509. The Morgan fingerprint density at radius 2 is 1.65 bits per heavy atom. The molecule has 0 aromatic heterocycles. The molecule has 0 bridgehead atoms. The van der Waals surface area contributed by atoms with Gasteiger partial charge >= 0.3 is 0 Å². The minimum absolute atomic E-state index is 0.000509. The third-order valence-corrected chi connectivity index (χ3v) is 3.61. The molecule has 1 nitrogen and oxygen atoms in total. The highest BCUT2D eigenvalue weighted by Crippen LogP contribution is 2.11. The summed E-state index contributed by atoms with van der Waals surface area (Å²) in [6, 6.07) is 16.5. The molecule has 0 N–H and O–H groups in total. The van der Waals surface area contributed by atoms with Crippen LogP contribution in [0.4, 0.5) is 0 Å². The summed E-state index contributed by atoms with van der Waals surface area (Å²) in [5.41, 5.74) is 1.65. The number of benzene rings is 2. The molecule has 122 valence electrons. The first-order valence-corrected chi connectivity index (χ1v) is 8.67. The van der Waals surface area contributed by atoms with Gasteiger partial charge in [0.25, 0.3) is 0 Å². The zero-order valence-corrected chi connectivity index (χ0v) is 14.9. The summed E-state index contributed by atoms with van der Waals surface area (Å²) in [5, 5.41) is 0.691. The second kappa shape index (κ2) is 11.9. The monoisotopic (exact) mass is 348 g/mol. The van der Waals surface area contributed by atoms with E-state index in [1.807, 2.05) is 30.3 Å². The van der Waals surface area contributed by atoms with Crippen LogP contribution in [0.25, 0.3) is 6.08 Å². The zero-order valence-electron chi connectivity index (χ0n) is 13.3. The summed E-state index contributed by atoms with van der Waals surface area (Å²) in [6.07, 6.45) is 7.08. The number of ketones is 1. The van der Waals surface area contributed by atoms with Crippen LogP contribution >= 0.6 is 23.2 Å². The molecule has 2 aromatic carbocycles. The topological polar surface area (TPSA) is 17.1 Å². The van der Waals surface area contributed by atoms with Crippen molar-refractivity contribution >= 4 is 35.1 Å². The molecule has 23 heavy (non-hydrogen) atoms. The van der Waals surface area contributed by atoms with Crippen LogP contribution in [0.2, 0.25) is 5.02 Å². The molecular formula is C20H22Cl2O. The van der Waals surface area contributed by atoms with Gasteiger partial charge in [-0.25, -0.2) is 0 Å². The lowest BCUT2D eigenvalue weighted by molar-refractivity contribution is 0.104. The molecule has 0 fully saturated rings. The first-order chi connectivity index (χ1) is 11.2. The van der Waals surface area contributed by atoms with Gasteiger partial charge in [0.1, 0.15) is 0 Å². The maximum atomic E-state index is 11.8. The fourth-order valence-electron chi connectivity index (χ4n) is 1.79. The second-order valence-corrected chi connectivity index (χ2v) is 5.83. The van der Waals surface area contributed by atoms with Gasteiger partial charge in [-0.05, 0) is 30.2 Å². The van der Waals surface area contributed by atoms with Gasteiger partial charge in [-0.1, -0.05) is 79.9 Å². The Balaban J connectivity index is 0.000000379. The highest BCUT2D eigenvalue weighted by molar-refractivity contribution is 6.30. The summed E-state index contributed by atoms with van der Waals surface area (Å²) >= 11 is 11.2.